The van der Waals surface area contributed by atoms with Crippen LogP contribution < -0.4 is 0 Å². The lowest BCUT2D eigenvalue weighted by Gasteiger charge is -2.24. The van der Waals surface area contributed by atoms with Crippen LogP contribution >= 0.6 is 7.82 Å². The van der Waals surface area contributed by atoms with Gasteiger partial charge in [-0.3, -0.25) is 18.6 Å². The number of nitrogens with zero attached hydrogens (tertiary/aromatic N) is 1. The second-order valence-corrected chi connectivity index (χ2v) is 27.8. The van der Waals surface area contributed by atoms with Gasteiger partial charge in [-0.2, -0.15) is 0 Å². The van der Waals surface area contributed by atoms with E-state index >= 15 is 0 Å². The van der Waals surface area contributed by atoms with E-state index in [1.165, 1.54) is 263 Å². The van der Waals surface area contributed by atoms with E-state index in [2.05, 4.69) is 62.5 Å². The number of hydrogen-bond donors (Lipinski definition) is 1. The normalized spacial score (nSPS) is 13.3. The Morgan fingerprint density at radius 2 is 0.671 bits per heavy atom. The van der Waals surface area contributed by atoms with Crippen molar-refractivity contribution in [2.45, 2.75) is 373 Å². The minimum absolute atomic E-state index is 0.0315. The second kappa shape index (κ2) is 66.4. The summed E-state index contributed by atoms with van der Waals surface area (Å²) in [5.74, 6) is -0.786. The number of carbonyl (C=O) groups is 2. The summed E-state index contributed by atoms with van der Waals surface area (Å²) in [6.45, 7) is 4.38. The van der Waals surface area contributed by atoms with E-state index in [1.807, 2.05) is 21.1 Å². The summed E-state index contributed by atoms with van der Waals surface area (Å²) in [5.41, 5.74) is 0. The number of ether oxygens (including phenoxy) is 2. The first-order chi connectivity index (χ1) is 41.5. The molecule has 2 atom stereocenters. The van der Waals surface area contributed by atoms with Gasteiger partial charge in [0.1, 0.15) is 19.8 Å². The number of unbranched alkanes of at least 4 members (excludes halogenated alkanes) is 47. The van der Waals surface area contributed by atoms with Crippen molar-refractivity contribution in [3.05, 3.63) is 48.6 Å². The Kier molecular flexibility index (Phi) is 64.8. The molecule has 0 aromatic heterocycles. The van der Waals surface area contributed by atoms with Crippen LogP contribution in [0.1, 0.15) is 367 Å². The molecule has 0 radical (unpaired) electrons. The van der Waals surface area contributed by atoms with Crippen molar-refractivity contribution < 1.29 is 42.1 Å². The van der Waals surface area contributed by atoms with Crippen LogP contribution in [0.5, 0.6) is 0 Å². The van der Waals surface area contributed by atoms with Crippen LogP contribution in [0.25, 0.3) is 0 Å². The average Bonchev–Trinajstić information content (AvgIpc) is 3.50. The molecule has 0 amide bonds. The van der Waals surface area contributed by atoms with Crippen LogP contribution in [-0.2, 0) is 32.7 Å². The number of hydrogen-bond acceptors (Lipinski definition) is 7. The third-order valence-corrected chi connectivity index (χ3v) is 17.6. The maximum absolute atomic E-state index is 12.9. The zero-order valence-corrected chi connectivity index (χ0v) is 58.0. The molecule has 10 heteroatoms. The zero-order valence-electron chi connectivity index (χ0n) is 57.1. The van der Waals surface area contributed by atoms with Crippen LogP contribution in [0.4, 0.5) is 0 Å². The molecule has 0 rings (SSSR count). The Balaban J connectivity index is 3.91. The van der Waals surface area contributed by atoms with E-state index in [0.717, 1.165) is 70.6 Å². The summed E-state index contributed by atoms with van der Waals surface area (Å²) in [5, 5.41) is 0. The van der Waals surface area contributed by atoms with E-state index in [9.17, 15) is 19.0 Å². The Morgan fingerprint density at radius 1 is 0.376 bits per heavy atom. The predicted molar refractivity (Wildman–Crippen MR) is 367 cm³/mol. The molecule has 9 nitrogen and oxygen atoms in total. The molecule has 0 aliphatic rings. The van der Waals surface area contributed by atoms with Crippen molar-refractivity contribution in [2.24, 2.45) is 0 Å². The van der Waals surface area contributed by atoms with Crippen molar-refractivity contribution >= 4 is 19.8 Å². The van der Waals surface area contributed by atoms with Crippen LogP contribution in [0.15, 0.2) is 48.6 Å². The highest BCUT2D eigenvalue weighted by Crippen LogP contribution is 2.43. The number of phosphoric ester groups is 1. The maximum atomic E-state index is 12.9. The number of phosphoric acid groups is 1. The Labute approximate surface area is 528 Å². The number of rotatable bonds is 69. The monoisotopic (exact) mass is 1220 g/mol. The highest BCUT2D eigenvalue weighted by atomic mass is 31.2. The molecular formula is C75H143NO8P+. The van der Waals surface area contributed by atoms with Crippen molar-refractivity contribution in [3.63, 3.8) is 0 Å². The van der Waals surface area contributed by atoms with Crippen LogP contribution in [0.3, 0.4) is 0 Å². The van der Waals surface area contributed by atoms with E-state index in [1.54, 1.807) is 0 Å². The topological polar surface area (TPSA) is 108 Å². The Bertz CT molecular complexity index is 1570. The third-order valence-electron chi connectivity index (χ3n) is 16.6. The third kappa shape index (κ3) is 70.9. The van der Waals surface area contributed by atoms with E-state index in [0.29, 0.717) is 23.9 Å². The molecule has 2 unspecified atom stereocenters. The number of allylic oxidation sites excluding steroid dienone is 8. The minimum atomic E-state index is -4.39. The van der Waals surface area contributed by atoms with Crippen molar-refractivity contribution in [1.82, 2.24) is 0 Å². The number of carbonyl (C=O) groups excluding carboxylic acids is 2. The van der Waals surface area contributed by atoms with Gasteiger partial charge in [0.25, 0.3) is 0 Å². The van der Waals surface area contributed by atoms with E-state index in [-0.39, 0.29) is 25.6 Å². The van der Waals surface area contributed by atoms with Crippen molar-refractivity contribution in [1.29, 1.82) is 0 Å². The first-order valence-electron chi connectivity index (χ1n) is 36.9. The molecule has 1 N–H and O–H groups in total. The van der Waals surface area contributed by atoms with Gasteiger partial charge in [0, 0.05) is 12.8 Å². The molecule has 0 aromatic carbocycles. The van der Waals surface area contributed by atoms with Gasteiger partial charge in [-0.1, -0.05) is 351 Å². The summed E-state index contributed by atoms with van der Waals surface area (Å²) in [6, 6.07) is 0. The summed E-state index contributed by atoms with van der Waals surface area (Å²) >= 11 is 0. The van der Waals surface area contributed by atoms with Crippen LogP contribution in [0.2, 0.25) is 0 Å². The first kappa shape index (κ1) is 83.0. The summed E-state index contributed by atoms with van der Waals surface area (Å²) in [6.07, 6.45) is 86.8. The Hall–Kier alpha value is -2.03. The molecule has 85 heavy (non-hydrogen) atoms. The summed E-state index contributed by atoms with van der Waals surface area (Å²) in [7, 11) is 1.49. The molecule has 0 saturated heterocycles. The second-order valence-electron chi connectivity index (χ2n) is 26.3. The van der Waals surface area contributed by atoms with Gasteiger partial charge < -0.3 is 18.9 Å². The molecule has 0 aromatic rings. The zero-order chi connectivity index (χ0) is 61.9. The highest BCUT2D eigenvalue weighted by Gasteiger charge is 2.27. The summed E-state index contributed by atoms with van der Waals surface area (Å²) < 4.78 is 34.7. The van der Waals surface area contributed by atoms with Gasteiger partial charge in [-0.15, -0.1) is 0 Å². The van der Waals surface area contributed by atoms with Gasteiger partial charge >= 0.3 is 19.8 Å². The lowest BCUT2D eigenvalue weighted by Crippen LogP contribution is -2.37. The van der Waals surface area contributed by atoms with Crippen molar-refractivity contribution in [2.75, 3.05) is 47.5 Å². The highest BCUT2D eigenvalue weighted by molar-refractivity contribution is 7.47. The fourth-order valence-electron chi connectivity index (χ4n) is 11.0. The summed E-state index contributed by atoms with van der Waals surface area (Å²) in [4.78, 5) is 35.9. The van der Waals surface area contributed by atoms with Crippen LogP contribution in [0, 0.1) is 0 Å². The van der Waals surface area contributed by atoms with Crippen molar-refractivity contribution in [3.8, 4) is 0 Å². The quantitative estimate of drug-likeness (QED) is 0.0211. The molecule has 0 spiro atoms. The SMILES string of the molecule is CC/C=C\C/C=C\C/C=C\C/C=C\CCCCCCCCCCCCC(=O)OC(COC(=O)CCCCCCCCCCCCCCCCCCCCCCCCCCCCCCCCCCCCCCCC)COP(=O)(O)OCC[N+](C)(C)C. The molecule has 500 valence electrons. The maximum Gasteiger partial charge on any atom is 0.472 e. The molecule has 0 aliphatic carbocycles. The molecule has 0 aliphatic heterocycles. The van der Waals surface area contributed by atoms with Gasteiger partial charge in [0.05, 0.1) is 27.7 Å². The first-order valence-corrected chi connectivity index (χ1v) is 38.4. The van der Waals surface area contributed by atoms with E-state index in [4.69, 9.17) is 18.5 Å². The molecule has 0 saturated carbocycles. The fourth-order valence-corrected chi connectivity index (χ4v) is 11.8. The largest absolute Gasteiger partial charge is 0.472 e. The van der Waals surface area contributed by atoms with Gasteiger partial charge in [0.2, 0.25) is 0 Å². The number of likely N-dealkylation sites (N-methyl/N-ethyl adjacent to an activating group) is 1. The molecule has 0 bridgehead atoms. The minimum Gasteiger partial charge on any atom is -0.462 e. The van der Waals surface area contributed by atoms with Gasteiger partial charge in [-0.25, -0.2) is 4.57 Å². The lowest BCUT2D eigenvalue weighted by molar-refractivity contribution is -0.870. The van der Waals surface area contributed by atoms with Crippen LogP contribution in [-0.4, -0.2) is 74.9 Å². The predicted octanol–water partition coefficient (Wildman–Crippen LogP) is 24.0. The van der Waals surface area contributed by atoms with Gasteiger partial charge in [-0.05, 0) is 51.4 Å². The van der Waals surface area contributed by atoms with E-state index < -0.39 is 26.5 Å². The number of quaternary nitrogens is 1. The smallest absolute Gasteiger partial charge is 0.462 e. The molecule has 0 fully saturated rings. The van der Waals surface area contributed by atoms with Gasteiger partial charge in [0.15, 0.2) is 6.10 Å². The standard InChI is InChI=1S/C75H142NO8P/c1-6-8-10-12-14-16-18-20-22-24-26-28-30-31-32-33-34-35-36-37-38-39-40-41-42-43-44-46-47-49-51-53-55-57-59-61-63-65-67-74(77)81-71-73(72-83-85(79,80)82-70-69-76(3,4)5)84-75(78)68-66-64-62-60-58-56-54-52-50-48-45-29-27-25-23-21-19-17-15-13-11-9-7-2/h9,11,15,17,21,23,27,29,73H,6-8,10,12-14,16,18-20,22,24-26,28,30-72H2,1-5H3/p+1/b11-9-,17-15-,23-21-,29-27-. The molecule has 0 heterocycles. The molecular weight excluding hydrogens is 1070 g/mol. The lowest BCUT2D eigenvalue weighted by atomic mass is 10.0. The number of esters is 2. The fraction of sp³-hybridized carbons (Fsp3) is 0.867. The Morgan fingerprint density at radius 3 is 1.00 bits per heavy atom. The average molecular weight is 1220 g/mol.